The van der Waals surface area contributed by atoms with Crippen LogP contribution in [0, 0.1) is 0 Å². The van der Waals surface area contributed by atoms with Crippen LogP contribution >= 0.6 is 11.3 Å². The fourth-order valence-electron chi connectivity index (χ4n) is 1.86. The molecule has 0 saturated heterocycles. The van der Waals surface area contributed by atoms with Crippen molar-refractivity contribution in [1.82, 2.24) is 14.5 Å². The van der Waals surface area contributed by atoms with E-state index in [-0.39, 0.29) is 0 Å². The fourth-order valence-corrected chi connectivity index (χ4v) is 2.56. The average molecular weight is 259 g/mol. The Morgan fingerprint density at radius 2 is 2.22 bits per heavy atom. The van der Waals surface area contributed by atoms with Gasteiger partial charge in [-0.15, -0.1) is 11.3 Å². The predicted octanol–water partition coefficient (Wildman–Crippen LogP) is 3.10. The van der Waals surface area contributed by atoms with Gasteiger partial charge in [-0.1, -0.05) is 6.07 Å². The largest absolute Gasteiger partial charge is 0.476 e. The van der Waals surface area contributed by atoms with Gasteiger partial charge in [0.1, 0.15) is 11.2 Å². The molecule has 3 rings (SSSR count). The minimum atomic E-state index is 0.589. The lowest BCUT2D eigenvalue weighted by Crippen LogP contribution is -2.00. The van der Waals surface area contributed by atoms with Crippen molar-refractivity contribution in [1.29, 1.82) is 0 Å². The minimum absolute atomic E-state index is 0.589. The molecule has 0 saturated carbocycles. The van der Waals surface area contributed by atoms with Gasteiger partial charge in [0.15, 0.2) is 5.65 Å². The molecule has 3 aromatic rings. The van der Waals surface area contributed by atoms with Crippen LogP contribution < -0.4 is 4.74 Å². The van der Waals surface area contributed by atoms with Gasteiger partial charge in [0, 0.05) is 13.2 Å². The van der Waals surface area contributed by atoms with Crippen molar-refractivity contribution in [3.05, 3.63) is 29.8 Å². The van der Waals surface area contributed by atoms with Gasteiger partial charge in [0.05, 0.1) is 11.5 Å². The number of ether oxygens (including phenoxy) is 1. The fraction of sp³-hybridized carbons (Fsp3) is 0.231. The molecule has 0 radical (unpaired) electrons. The minimum Gasteiger partial charge on any atom is -0.476 e. The summed E-state index contributed by atoms with van der Waals surface area (Å²) in [5, 5.41) is 2.03. The lowest BCUT2D eigenvalue weighted by atomic mass is 10.3. The number of thiophene rings is 1. The van der Waals surface area contributed by atoms with Crippen molar-refractivity contribution in [3.63, 3.8) is 0 Å². The zero-order valence-electron chi connectivity index (χ0n) is 10.3. The van der Waals surface area contributed by atoms with E-state index in [2.05, 4.69) is 9.97 Å². The maximum atomic E-state index is 5.60. The topological polar surface area (TPSA) is 39.9 Å². The molecule has 0 fully saturated rings. The summed E-state index contributed by atoms with van der Waals surface area (Å²) in [4.78, 5) is 10.3. The van der Waals surface area contributed by atoms with Crippen molar-refractivity contribution in [3.8, 4) is 16.5 Å². The van der Waals surface area contributed by atoms with E-state index in [1.54, 1.807) is 11.3 Å². The Bertz CT molecular complexity index is 673. The highest BCUT2D eigenvalue weighted by atomic mass is 32.1. The van der Waals surface area contributed by atoms with Crippen molar-refractivity contribution in [2.24, 2.45) is 7.05 Å². The first-order valence-corrected chi connectivity index (χ1v) is 6.67. The number of nitrogens with zero attached hydrogens (tertiary/aromatic N) is 3. The van der Waals surface area contributed by atoms with Crippen LogP contribution in [0.5, 0.6) is 5.88 Å². The van der Waals surface area contributed by atoms with E-state index < -0.39 is 0 Å². The zero-order chi connectivity index (χ0) is 12.5. The van der Waals surface area contributed by atoms with Gasteiger partial charge in [-0.2, -0.15) is 0 Å². The van der Waals surface area contributed by atoms with E-state index in [0.29, 0.717) is 12.5 Å². The van der Waals surface area contributed by atoms with Crippen LogP contribution in [-0.4, -0.2) is 21.1 Å². The molecule has 5 heteroatoms. The Hall–Kier alpha value is -1.88. The van der Waals surface area contributed by atoms with E-state index in [0.717, 1.165) is 21.7 Å². The van der Waals surface area contributed by atoms with Gasteiger partial charge < -0.3 is 9.30 Å². The Labute approximate surface area is 109 Å². The third-order valence-electron chi connectivity index (χ3n) is 2.70. The summed E-state index contributed by atoms with van der Waals surface area (Å²) in [6.07, 6.45) is 1.96. The molecule has 0 aliphatic rings. The summed E-state index contributed by atoms with van der Waals surface area (Å²) >= 11 is 1.64. The number of aromatic nitrogens is 3. The molecule has 4 nitrogen and oxygen atoms in total. The summed E-state index contributed by atoms with van der Waals surface area (Å²) in [7, 11) is 1.97. The molecule has 3 heterocycles. The molecule has 0 aromatic carbocycles. The van der Waals surface area contributed by atoms with Gasteiger partial charge in [0.2, 0.25) is 5.88 Å². The first-order valence-electron chi connectivity index (χ1n) is 5.79. The number of rotatable bonds is 3. The van der Waals surface area contributed by atoms with E-state index in [9.17, 15) is 0 Å². The van der Waals surface area contributed by atoms with Crippen LogP contribution in [0.2, 0.25) is 0 Å². The van der Waals surface area contributed by atoms with E-state index in [1.165, 1.54) is 0 Å². The summed E-state index contributed by atoms with van der Waals surface area (Å²) in [5.74, 6) is 0.610. The molecule has 92 valence electrons. The van der Waals surface area contributed by atoms with Crippen molar-refractivity contribution < 1.29 is 4.74 Å². The van der Waals surface area contributed by atoms with Gasteiger partial charge in [-0.05, 0) is 24.4 Å². The second kappa shape index (κ2) is 4.42. The number of aryl methyl sites for hydroxylation is 1. The first kappa shape index (κ1) is 11.2. The third kappa shape index (κ3) is 1.76. The maximum absolute atomic E-state index is 5.60. The Morgan fingerprint density at radius 3 is 2.94 bits per heavy atom. The molecular formula is C13H13N3OS. The summed E-state index contributed by atoms with van der Waals surface area (Å²) in [6, 6.07) is 5.99. The standard InChI is InChI=1S/C13H13N3OS/c1-3-17-13-11(10-5-4-8-18-10)15-12-9(14-13)6-7-16(12)2/h4-8H,3H2,1-2H3. The van der Waals surface area contributed by atoms with Crippen LogP contribution in [0.25, 0.3) is 21.7 Å². The predicted molar refractivity (Wildman–Crippen MR) is 73.0 cm³/mol. The lowest BCUT2D eigenvalue weighted by molar-refractivity contribution is 0.328. The van der Waals surface area contributed by atoms with Crippen LogP contribution in [0.4, 0.5) is 0 Å². The zero-order valence-corrected chi connectivity index (χ0v) is 11.1. The molecule has 18 heavy (non-hydrogen) atoms. The van der Waals surface area contributed by atoms with Gasteiger partial charge >= 0.3 is 0 Å². The quantitative estimate of drug-likeness (QED) is 0.725. The molecule has 0 amide bonds. The van der Waals surface area contributed by atoms with Crippen LogP contribution in [-0.2, 0) is 7.05 Å². The summed E-state index contributed by atoms with van der Waals surface area (Å²) in [5.41, 5.74) is 2.56. The highest BCUT2D eigenvalue weighted by Crippen LogP contribution is 2.31. The van der Waals surface area contributed by atoms with Crippen molar-refractivity contribution in [2.75, 3.05) is 6.61 Å². The molecule has 0 aliphatic heterocycles. The second-order valence-electron chi connectivity index (χ2n) is 3.92. The SMILES string of the molecule is CCOc1nc2ccn(C)c2nc1-c1cccs1. The molecule has 0 N–H and O–H groups in total. The second-order valence-corrected chi connectivity index (χ2v) is 4.87. The van der Waals surface area contributed by atoms with Crippen molar-refractivity contribution in [2.45, 2.75) is 6.92 Å². The molecule has 3 aromatic heterocycles. The highest BCUT2D eigenvalue weighted by molar-refractivity contribution is 7.13. The molecule has 0 unspecified atom stereocenters. The maximum Gasteiger partial charge on any atom is 0.242 e. The Balaban J connectivity index is 2.25. The van der Waals surface area contributed by atoms with E-state index in [1.807, 2.05) is 48.3 Å². The molecule has 0 bridgehead atoms. The number of fused-ring (bicyclic) bond motifs is 1. The smallest absolute Gasteiger partial charge is 0.242 e. The Morgan fingerprint density at radius 1 is 1.33 bits per heavy atom. The first-order chi connectivity index (χ1) is 8.79. The highest BCUT2D eigenvalue weighted by Gasteiger charge is 2.14. The van der Waals surface area contributed by atoms with E-state index in [4.69, 9.17) is 4.74 Å². The molecule has 0 spiro atoms. The third-order valence-corrected chi connectivity index (χ3v) is 3.57. The monoisotopic (exact) mass is 259 g/mol. The van der Waals surface area contributed by atoms with Crippen LogP contribution in [0.15, 0.2) is 29.8 Å². The number of hydrogen-bond acceptors (Lipinski definition) is 4. The average Bonchev–Trinajstić information content (AvgIpc) is 2.99. The Kier molecular flexibility index (Phi) is 2.76. The molecule has 0 atom stereocenters. The molecule has 0 aliphatic carbocycles. The normalized spacial score (nSPS) is 11.0. The van der Waals surface area contributed by atoms with Crippen molar-refractivity contribution >= 4 is 22.5 Å². The summed E-state index contributed by atoms with van der Waals surface area (Å²) < 4.78 is 7.57. The van der Waals surface area contributed by atoms with Gasteiger partial charge in [0.25, 0.3) is 0 Å². The van der Waals surface area contributed by atoms with Gasteiger partial charge in [-0.3, -0.25) is 0 Å². The molecular weight excluding hydrogens is 246 g/mol. The lowest BCUT2D eigenvalue weighted by Gasteiger charge is -2.07. The summed E-state index contributed by atoms with van der Waals surface area (Å²) in [6.45, 7) is 2.54. The van der Waals surface area contributed by atoms with E-state index >= 15 is 0 Å². The van der Waals surface area contributed by atoms with Gasteiger partial charge in [-0.25, -0.2) is 9.97 Å². The van der Waals surface area contributed by atoms with Crippen LogP contribution in [0.3, 0.4) is 0 Å². The number of hydrogen-bond donors (Lipinski definition) is 0. The van der Waals surface area contributed by atoms with Crippen LogP contribution in [0.1, 0.15) is 6.92 Å².